The number of nitrogens with one attached hydrogen (secondary N) is 2. The number of piperidine rings is 1. The van der Waals surface area contributed by atoms with Crippen molar-refractivity contribution in [3.8, 4) is 5.75 Å². The molecule has 0 aliphatic carbocycles. The second kappa shape index (κ2) is 6.05. The first kappa shape index (κ1) is 16.4. The van der Waals surface area contributed by atoms with E-state index in [-0.39, 0.29) is 23.5 Å². The van der Waals surface area contributed by atoms with Gasteiger partial charge in [-0.1, -0.05) is 0 Å². The molecule has 0 bridgehead atoms. The van der Waals surface area contributed by atoms with E-state index in [1.165, 1.54) is 13.2 Å². The first-order valence-corrected chi connectivity index (χ1v) is 8.24. The number of carbonyl (C=O) groups is 2. The zero-order chi connectivity index (χ0) is 16.5. The fourth-order valence-electron chi connectivity index (χ4n) is 2.19. The maximum Gasteiger partial charge on any atom is 0.244 e. The predicted molar refractivity (Wildman–Crippen MR) is 79.0 cm³/mol. The maximum atomic E-state index is 12.5. The van der Waals surface area contributed by atoms with E-state index in [4.69, 9.17) is 4.74 Å². The molecule has 1 aliphatic heterocycles. The van der Waals surface area contributed by atoms with Gasteiger partial charge in [0.05, 0.1) is 7.11 Å². The van der Waals surface area contributed by atoms with Crippen molar-refractivity contribution in [1.29, 1.82) is 0 Å². The molecule has 8 heteroatoms. The van der Waals surface area contributed by atoms with E-state index < -0.39 is 27.9 Å². The number of hydrogen-bond donors (Lipinski definition) is 2. The summed E-state index contributed by atoms with van der Waals surface area (Å²) in [5, 5.41) is 2.12. The summed E-state index contributed by atoms with van der Waals surface area (Å²) in [5.74, 6) is -0.824. The van der Waals surface area contributed by atoms with Crippen LogP contribution in [0, 0.1) is 13.8 Å². The molecule has 0 saturated carbocycles. The summed E-state index contributed by atoms with van der Waals surface area (Å²) < 4.78 is 32.5. The molecule has 1 fully saturated rings. The minimum absolute atomic E-state index is 0.0252. The Morgan fingerprint density at radius 1 is 1.23 bits per heavy atom. The number of aryl methyl sites for hydroxylation is 2. The Morgan fingerprint density at radius 3 is 2.45 bits per heavy atom. The topological polar surface area (TPSA) is 102 Å². The summed E-state index contributed by atoms with van der Waals surface area (Å²) in [5.41, 5.74) is 1.70. The zero-order valence-electron chi connectivity index (χ0n) is 12.6. The van der Waals surface area contributed by atoms with Gasteiger partial charge in [-0.25, -0.2) is 8.42 Å². The van der Waals surface area contributed by atoms with E-state index in [0.717, 1.165) is 11.1 Å². The van der Waals surface area contributed by atoms with Crippen molar-refractivity contribution in [2.45, 2.75) is 37.6 Å². The molecule has 0 spiro atoms. The number of methoxy groups -OCH3 is 1. The van der Waals surface area contributed by atoms with E-state index in [9.17, 15) is 18.0 Å². The number of rotatable bonds is 4. The Kier molecular flexibility index (Phi) is 4.52. The Balaban J connectivity index is 2.33. The fourth-order valence-corrected chi connectivity index (χ4v) is 3.65. The van der Waals surface area contributed by atoms with Gasteiger partial charge in [0.2, 0.25) is 21.8 Å². The van der Waals surface area contributed by atoms with Crippen molar-refractivity contribution in [3.63, 3.8) is 0 Å². The third-order valence-electron chi connectivity index (χ3n) is 3.61. The second-order valence-electron chi connectivity index (χ2n) is 5.21. The molecule has 2 rings (SSSR count). The van der Waals surface area contributed by atoms with Crippen LogP contribution >= 0.6 is 0 Å². The van der Waals surface area contributed by atoms with Crippen molar-refractivity contribution < 1.29 is 22.7 Å². The molecule has 1 aliphatic rings. The number of ether oxygens (including phenoxy) is 1. The van der Waals surface area contributed by atoms with E-state index >= 15 is 0 Å². The molecular formula is C14H18N2O5S. The highest BCUT2D eigenvalue weighted by Gasteiger charge is 2.32. The van der Waals surface area contributed by atoms with E-state index in [1.807, 2.05) is 6.92 Å². The van der Waals surface area contributed by atoms with Crippen molar-refractivity contribution in [2.75, 3.05) is 7.11 Å². The first-order chi connectivity index (χ1) is 10.2. The lowest BCUT2D eigenvalue weighted by Gasteiger charge is -2.22. The van der Waals surface area contributed by atoms with Gasteiger partial charge in [-0.15, -0.1) is 0 Å². The molecule has 7 nitrogen and oxygen atoms in total. The van der Waals surface area contributed by atoms with Crippen LogP contribution in [0.2, 0.25) is 0 Å². The quantitative estimate of drug-likeness (QED) is 0.780. The number of sulfonamides is 1. The number of carbonyl (C=O) groups excluding carboxylic acids is 2. The number of benzene rings is 1. The Hall–Kier alpha value is -1.93. The molecule has 1 unspecified atom stereocenters. The highest BCUT2D eigenvalue weighted by molar-refractivity contribution is 7.89. The monoisotopic (exact) mass is 326 g/mol. The van der Waals surface area contributed by atoms with Crippen LogP contribution < -0.4 is 14.8 Å². The molecule has 1 heterocycles. The van der Waals surface area contributed by atoms with Crippen LogP contribution in [0.3, 0.4) is 0 Å². The SMILES string of the molecule is COc1cc(C)c(C)cc1S(=O)(=O)NC1CCC(=O)NC1=O. The van der Waals surface area contributed by atoms with Gasteiger partial charge in [-0.2, -0.15) is 4.72 Å². The standard InChI is InChI=1S/C14H18N2O5S/c1-8-6-11(21-3)12(7-9(8)2)22(19,20)16-10-4-5-13(17)15-14(10)18/h6-7,10,16H,4-5H2,1-3H3,(H,15,17,18). The first-order valence-electron chi connectivity index (χ1n) is 6.76. The predicted octanol–water partition coefficient (Wildman–Crippen LogP) is 0.396. The van der Waals surface area contributed by atoms with E-state index in [0.29, 0.717) is 0 Å². The molecular weight excluding hydrogens is 308 g/mol. The molecule has 1 saturated heterocycles. The van der Waals surface area contributed by atoms with Crippen molar-refractivity contribution >= 4 is 21.8 Å². The number of hydrogen-bond acceptors (Lipinski definition) is 5. The summed E-state index contributed by atoms with van der Waals surface area (Å²) in [6.45, 7) is 3.64. The lowest BCUT2D eigenvalue weighted by atomic mass is 10.1. The summed E-state index contributed by atoms with van der Waals surface area (Å²) >= 11 is 0. The molecule has 1 atom stereocenters. The van der Waals surface area contributed by atoms with Crippen LogP contribution in [0.25, 0.3) is 0 Å². The minimum atomic E-state index is -3.94. The molecule has 1 aromatic carbocycles. The summed E-state index contributed by atoms with van der Waals surface area (Å²) in [6, 6.07) is 2.17. The van der Waals surface area contributed by atoms with Crippen LogP contribution in [0.1, 0.15) is 24.0 Å². The van der Waals surface area contributed by atoms with Gasteiger partial charge < -0.3 is 4.74 Å². The smallest absolute Gasteiger partial charge is 0.244 e. The summed E-state index contributed by atoms with van der Waals surface area (Å²) in [6.07, 6.45) is 0.236. The molecule has 2 amide bonds. The third kappa shape index (κ3) is 3.28. The summed E-state index contributed by atoms with van der Waals surface area (Å²) in [7, 11) is -2.56. The van der Waals surface area contributed by atoms with Gasteiger partial charge in [-0.3, -0.25) is 14.9 Å². The maximum absolute atomic E-state index is 12.5. The van der Waals surface area contributed by atoms with Gasteiger partial charge in [0.25, 0.3) is 0 Å². The van der Waals surface area contributed by atoms with Crippen LogP contribution in [-0.4, -0.2) is 33.4 Å². The second-order valence-corrected chi connectivity index (χ2v) is 6.89. The Labute approximate surface area is 129 Å². The molecule has 1 aromatic rings. The highest BCUT2D eigenvalue weighted by atomic mass is 32.2. The van der Waals surface area contributed by atoms with Gasteiger partial charge >= 0.3 is 0 Å². The Morgan fingerprint density at radius 2 is 1.86 bits per heavy atom. The average Bonchev–Trinajstić information content (AvgIpc) is 2.44. The van der Waals surface area contributed by atoms with Crippen molar-refractivity contribution in [2.24, 2.45) is 0 Å². The van der Waals surface area contributed by atoms with Crippen LogP contribution in [-0.2, 0) is 19.6 Å². The molecule has 0 radical (unpaired) electrons. The Bertz CT molecular complexity index is 727. The van der Waals surface area contributed by atoms with Crippen molar-refractivity contribution in [3.05, 3.63) is 23.3 Å². The van der Waals surface area contributed by atoms with Gasteiger partial charge in [0.1, 0.15) is 16.7 Å². The largest absolute Gasteiger partial charge is 0.495 e. The minimum Gasteiger partial charge on any atom is -0.495 e. The highest BCUT2D eigenvalue weighted by Crippen LogP contribution is 2.27. The molecule has 22 heavy (non-hydrogen) atoms. The van der Waals surface area contributed by atoms with Gasteiger partial charge in [0, 0.05) is 6.42 Å². The van der Waals surface area contributed by atoms with Gasteiger partial charge in [0.15, 0.2) is 0 Å². The normalized spacial score (nSPS) is 19.0. The van der Waals surface area contributed by atoms with E-state index in [1.54, 1.807) is 13.0 Å². The van der Waals surface area contributed by atoms with Crippen LogP contribution in [0.4, 0.5) is 0 Å². The average molecular weight is 326 g/mol. The van der Waals surface area contributed by atoms with Crippen LogP contribution in [0.15, 0.2) is 17.0 Å². The van der Waals surface area contributed by atoms with Crippen molar-refractivity contribution in [1.82, 2.24) is 10.0 Å². The third-order valence-corrected chi connectivity index (χ3v) is 5.10. The lowest BCUT2D eigenvalue weighted by Crippen LogP contribution is -2.52. The molecule has 2 N–H and O–H groups in total. The fraction of sp³-hybridized carbons (Fsp3) is 0.429. The molecule has 120 valence electrons. The van der Waals surface area contributed by atoms with Crippen LogP contribution in [0.5, 0.6) is 5.75 Å². The number of imide groups is 1. The van der Waals surface area contributed by atoms with E-state index in [2.05, 4.69) is 10.0 Å². The molecule has 0 aromatic heterocycles. The number of amides is 2. The zero-order valence-corrected chi connectivity index (χ0v) is 13.4. The lowest BCUT2D eigenvalue weighted by molar-refractivity contribution is -0.134. The van der Waals surface area contributed by atoms with Gasteiger partial charge in [-0.05, 0) is 43.5 Å². The summed E-state index contributed by atoms with van der Waals surface area (Å²) in [4.78, 5) is 22.8.